The average Bonchev–Trinajstić information content (AvgIpc) is 3.17. The molecule has 328 valence electrons. The van der Waals surface area contributed by atoms with Crippen LogP contribution in [0, 0.1) is 0 Å². The Bertz CT molecular complexity index is 1050. The van der Waals surface area contributed by atoms with Gasteiger partial charge >= 0.3 is 25.7 Å². The molecule has 0 aliphatic rings. The molecule has 0 aromatic carbocycles. The lowest BCUT2D eigenvalue weighted by atomic mass is 10.1. The van der Waals surface area contributed by atoms with Crippen molar-refractivity contribution < 1.29 is 47.5 Å². The van der Waals surface area contributed by atoms with E-state index in [0.717, 1.165) is 70.6 Å². The number of aliphatic carboxylic acids is 1. The van der Waals surface area contributed by atoms with Crippen molar-refractivity contribution in [2.45, 2.75) is 219 Å². The summed E-state index contributed by atoms with van der Waals surface area (Å²) in [4.78, 5) is 46.0. The Kier molecular flexibility index (Phi) is 38.3. The highest BCUT2D eigenvalue weighted by molar-refractivity contribution is 7.47. The van der Waals surface area contributed by atoms with Crippen LogP contribution in [0.5, 0.6) is 0 Å². The van der Waals surface area contributed by atoms with Crippen molar-refractivity contribution in [3.63, 3.8) is 0 Å². The summed E-state index contributed by atoms with van der Waals surface area (Å²) < 4.78 is 32.7. The van der Waals surface area contributed by atoms with Crippen LogP contribution in [-0.4, -0.2) is 59.9 Å². The van der Waals surface area contributed by atoms with Gasteiger partial charge in [0.1, 0.15) is 12.6 Å². The number of ether oxygens (including phenoxy) is 2. The number of nitrogens with two attached hydrogens (primary N) is 1. The third-order valence-electron chi connectivity index (χ3n) is 9.67. The fourth-order valence-corrected chi connectivity index (χ4v) is 6.89. The number of phosphoric acid groups is 1. The number of unbranched alkanes of at least 4 members (excludes halogenated alkanes) is 24. The molecule has 0 spiro atoms. The minimum absolute atomic E-state index is 0.156. The number of carboxylic acids is 1. The molecule has 0 aromatic heterocycles. The zero-order valence-corrected chi connectivity index (χ0v) is 36.4. The van der Waals surface area contributed by atoms with Gasteiger partial charge in [-0.15, -0.1) is 0 Å². The number of carboxylic acid groups (broad SMARTS) is 1. The molecule has 0 saturated carbocycles. The molecule has 0 rings (SSSR count). The van der Waals surface area contributed by atoms with E-state index in [9.17, 15) is 23.8 Å². The van der Waals surface area contributed by atoms with E-state index in [1.807, 2.05) is 0 Å². The Labute approximate surface area is 340 Å². The van der Waals surface area contributed by atoms with E-state index in [2.05, 4.69) is 42.7 Å². The maximum Gasteiger partial charge on any atom is 0.472 e. The Balaban J connectivity index is 4.35. The van der Waals surface area contributed by atoms with Crippen LogP contribution in [-0.2, 0) is 37.5 Å². The number of carbonyl (C=O) groups is 3. The summed E-state index contributed by atoms with van der Waals surface area (Å²) in [6.45, 7) is 2.79. The van der Waals surface area contributed by atoms with Crippen molar-refractivity contribution in [3.8, 4) is 0 Å². The van der Waals surface area contributed by atoms with Gasteiger partial charge in [0, 0.05) is 12.8 Å². The fourth-order valence-electron chi connectivity index (χ4n) is 6.11. The highest BCUT2D eigenvalue weighted by Crippen LogP contribution is 2.43. The van der Waals surface area contributed by atoms with Gasteiger partial charge in [-0.2, -0.15) is 0 Å². The SMILES string of the molecule is CCCCCCCC/C=C/CCCCCCCCCC(=O)O[C@H](COC(=O)CCCCCCC/C=C/CCCCCCCC)COP(=O)(O)OC[C@H](N)C(=O)O. The van der Waals surface area contributed by atoms with E-state index >= 15 is 0 Å². The number of allylic oxidation sites excluding steroid dienone is 4. The molecule has 0 amide bonds. The lowest BCUT2D eigenvalue weighted by Gasteiger charge is -2.20. The summed E-state index contributed by atoms with van der Waals surface area (Å²) in [7, 11) is -4.72. The lowest BCUT2D eigenvalue weighted by Crippen LogP contribution is -2.34. The van der Waals surface area contributed by atoms with Crippen LogP contribution in [0.4, 0.5) is 0 Å². The molecule has 0 fully saturated rings. The molecule has 0 aromatic rings. The van der Waals surface area contributed by atoms with E-state index in [4.69, 9.17) is 24.8 Å². The van der Waals surface area contributed by atoms with Crippen LogP contribution in [0.2, 0.25) is 0 Å². The van der Waals surface area contributed by atoms with Gasteiger partial charge in [-0.25, -0.2) is 4.57 Å². The monoisotopic (exact) mass is 816 g/mol. The summed E-state index contributed by atoms with van der Waals surface area (Å²) in [6, 6.07) is -1.52. The van der Waals surface area contributed by atoms with Gasteiger partial charge in [-0.1, -0.05) is 154 Å². The third-order valence-corrected chi connectivity index (χ3v) is 10.6. The number of hydrogen-bond acceptors (Lipinski definition) is 9. The van der Waals surface area contributed by atoms with Crippen LogP contribution in [0.3, 0.4) is 0 Å². The van der Waals surface area contributed by atoms with E-state index in [1.165, 1.54) is 96.3 Å². The summed E-state index contributed by atoms with van der Waals surface area (Å²) in [5.41, 5.74) is 5.33. The van der Waals surface area contributed by atoms with Gasteiger partial charge in [0.2, 0.25) is 0 Å². The highest BCUT2D eigenvalue weighted by atomic mass is 31.2. The molecule has 0 heterocycles. The summed E-state index contributed by atoms with van der Waals surface area (Å²) >= 11 is 0. The maximum absolute atomic E-state index is 12.6. The summed E-state index contributed by atoms with van der Waals surface area (Å²) in [5.74, 6) is -2.39. The molecule has 12 heteroatoms. The Morgan fingerprint density at radius 3 is 1.30 bits per heavy atom. The van der Waals surface area contributed by atoms with Crippen molar-refractivity contribution in [3.05, 3.63) is 24.3 Å². The zero-order valence-electron chi connectivity index (χ0n) is 35.5. The number of phosphoric ester groups is 1. The molecule has 4 N–H and O–H groups in total. The first-order valence-corrected chi connectivity index (χ1v) is 23.9. The number of carbonyl (C=O) groups excluding carboxylic acids is 2. The van der Waals surface area contributed by atoms with Crippen LogP contribution in [0.1, 0.15) is 206 Å². The highest BCUT2D eigenvalue weighted by Gasteiger charge is 2.28. The van der Waals surface area contributed by atoms with E-state index < -0.39 is 51.1 Å². The van der Waals surface area contributed by atoms with E-state index in [1.54, 1.807) is 0 Å². The first-order chi connectivity index (χ1) is 27.1. The smallest absolute Gasteiger partial charge is 0.472 e. The molecule has 0 bridgehead atoms. The predicted octanol–water partition coefficient (Wildman–Crippen LogP) is 11.8. The van der Waals surface area contributed by atoms with Crippen LogP contribution >= 0.6 is 7.82 Å². The topological polar surface area (TPSA) is 172 Å². The standard InChI is InChI=1S/C44H82NO10P/c1-3-5-7-9-11-13-15-17-19-20-22-24-26-28-30-32-34-36-43(47)55-40(38-53-56(50,51)54-39-41(45)44(48)49)37-52-42(46)35-33-31-29-27-25-23-21-18-16-14-12-10-8-6-4-2/h17-19,21,40-41H,3-16,20,22-39,45H2,1-2H3,(H,48,49)(H,50,51)/b19-17+,21-18+/t40-,41+/m1/s1. The molecule has 0 saturated heterocycles. The fraction of sp³-hybridized carbons (Fsp3) is 0.841. The molecule has 0 aliphatic heterocycles. The van der Waals surface area contributed by atoms with Crippen LogP contribution in [0.25, 0.3) is 0 Å². The molecule has 56 heavy (non-hydrogen) atoms. The van der Waals surface area contributed by atoms with Crippen LogP contribution < -0.4 is 5.73 Å². The average molecular weight is 816 g/mol. The van der Waals surface area contributed by atoms with Crippen molar-refractivity contribution in [2.24, 2.45) is 5.73 Å². The third kappa shape index (κ3) is 38.8. The normalized spacial score (nSPS) is 13.9. The Morgan fingerprint density at radius 1 is 0.536 bits per heavy atom. The second-order valence-electron chi connectivity index (χ2n) is 15.2. The largest absolute Gasteiger partial charge is 0.480 e. The van der Waals surface area contributed by atoms with Crippen molar-refractivity contribution in [1.82, 2.24) is 0 Å². The van der Waals surface area contributed by atoms with E-state index in [0.29, 0.717) is 12.8 Å². The summed E-state index contributed by atoms with van der Waals surface area (Å²) in [6.07, 6.45) is 40.9. The van der Waals surface area contributed by atoms with Gasteiger partial charge in [-0.05, 0) is 64.2 Å². The lowest BCUT2D eigenvalue weighted by molar-refractivity contribution is -0.161. The van der Waals surface area contributed by atoms with Gasteiger partial charge in [-0.3, -0.25) is 23.4 Å². The van der Waals surface area contributed by atoms with Gasteiger partial charge in [0.05, 0.1) is 13.2 Å². The minimum Gasteiger partial charge on any atom is -0.480 e. The van der Waals surface area contributed by atoms with Crippen LogP contribution in [0.15, 0.2) is 24.3 Å². The second-order valence-corrected chi connectivity index (χ2v) is 16.6. The van der Waals surface area contributed by atoms with Crippen molar-refractivity contribution in [1.29, 1.82) is 0 Å². The predicted molar refractivity (Wildman–Crippen MR) is 226 cm³/mol. The first-order valence-electron chi connectivity index (χ1n) is 22.4. The molecular weight excluding hydrogens is 733 g/mol. The first kappa shape index (κ1) is 54.0. The van der Waals surface area contributed by atoms with E-state index in [-0.39, 0.29) is 19.4 Å². The minimum atomic E-state index is -4.72. The number of rotatable bonds is 42. The Morgan fingerprint density at radius 2 is 0.893 bits per heavy atom. The molecule has 0 radical (unpaired) electrons. The quantitative estimate of drug-likeness (QED) is 0.0232. The molecule has 1 unspecified atom stereocenters. The van der Waals surface area contributed by atoms with Gasteiger partial charge in [0.15, 0.2) is 6.10 Å². The maximum atomic E-state index is 12.6. The number of esters is 2. The Hall–Kier alpha value is -2.04. The second kappa shape index (κ2) is 39.8. The summed E-state index contributed by atoms with van der Waals surface area (Å²) in [5, 5.41) is 8.89. The molecule has 0 aliphatic carbocycles. The van der Waals surface area contributed by atoms with Crippen molar-refractivity contribution >= 4 is 25.7 Å². The molecular formula is C44H82NO10P. The molecule has 3 atom stereocenters. The van der Waals surface area contributed by atoms with Gasteiger partial charge < -0.3 is 25.2 Å². The number of hydrogen-bond donors (Lipinski definition) is 3. The van der Waals surface area contributed by atoms with Gasteiger partial charge in [0.25, 0.3) is 0 Å². The zero-order chi connectivity index (χ0) is 41.4. The molecule has 11 nitrogen and oxygen atoms in total. The van der Waals surface area contributed by atoms with Crippen molar-refractivity contribution in [2.75, 3.05) is 19.8 Å².